The molecule has 2 nitrogen and oxygen atoms in total. The first kappa shape index (κ1) is 13.0. The lowest BCUT2D eigenvalue weighted by Crippen LogP contribution is -2.39. The molecular formula is C13H28N2. The third-order valence-corrected chi connectivity index (χ3v) is 3.61. The Balaban J connectivity index is 2.07. The maximum absolute atomic E-state index is 3.68. The first-order chi connectivity index (χ1) is 7.22. The van der Waals surface area contributed by atoms with Crippen LogP contribution in [0.4, 0.5) is 0 Å². The maximum Gasteiger partial charge on any atom is 0.00413 e. The van der Waals surface area contributed by atoms with Crippen LogP contribution in [0.5, 0.6) is 0 Å². The molecule has 90 valence electrons. The van der Waals surface area contributed by atoms with Crippen molar-refractivity contribution in [3.05, 3.63) is 0 Å². The predicted molar refractivity (Wildman–Crippen MR) is 67.1 cm³/mol. The summed E-state index contributed by atoms with van der Waals surface area (Å²) < 4.78 is 0. The van der Waals surface area contributed by atoms with Crippen LogP contribution >= 0.6 is 0 Å². The minimum atomic E-state index is 0.682. The summed E-state index contributed by atoms with van der Waals surface area (Å²) in [5.74, 6) is 1.72. The second-order valence-electron chi connectivity index (χ2n) is 5.27. The van der Waals surface area contributed by atoms with E-state index in [1.54, 1.807) is 0 Å². The molecule has 1 aliphatic rings. The molecule has 1 heterocycles. The molecule has 0 amide bonds. The van der Waals surface area contributed by atoms with Gasteiger partial charge in [-0.15, -0.1) is 0 Å². The Bertz CT molecular complexity index is 153. The van der Waals surface area contributed by atoms with Crippen LogP contribution in [0.15, 0.2) is 0 Å². The lowest BCUT2D eigenvalue weighted by molar-refractivity contribution is 0.329. The van der Waals surface area contributed by atoms with E-state index in [0.717, 1.165) is 11.8 Å². The molecule has 0 bridgehead atoms. The Kier molecular flexibility index (Phi) is 6.26. The minimum Gasteiger partial charge on any atom is -0.316 e. The Morgan fingerprint density at radius 1 is 1.40 bits per heavy atom. The molecule has 2 heteroatoms. The van der Waals surface area contributed by atoms with Gasteiger partial charge in [-0.05, 0) is 57.7 Å². The van der Waals surface area contributed by atoms with E-state index in [2.05, 4.69) is 31.4 Å². The third kappa shape index (κ3) is 5.53. The Labute approximate surface area is 95.2 Å². The van der Waals surface area contributed by atoms with E-state index in [9.17, 15) is 0 Å². The van der Waals surface area contributed by atoms with Gasteiger partial charge in [0.1, 0.15) is 0 Å². The highest BCUT2D eigenvalue weighted by Gasteiger charge is 2.14. The number of hydrogen-bond acceptors (Lipinski definition) is 2. The highest BCUT2D eigenvalue weighted by molar-refractivity contribution is 4.73. The van der Waals surface area contributed by atoms with Crippen molar-refractivity contribution in [1.29, 1.82) is 0 Å². The summed E-state index contributed by atoms with van der Waals surface area (Å²) in [7, 11) is 0. The third-order valence-electron chi connectivity index (χ3n) is 3.61. The first-order valence-corrected chi connectivity index (χ1v) is 6.66. The van der Waals surface area contributed by atoms with E-state index in [4.69, 9.17) is 0 Å². The largest absolute Gasteiger partial charge is 0.316 e. The minimum absolute atomic E-state index is 0.682. The maximum atomic E-state index is 3.68. The molecule has 0 aromatic heterocycles. The number of rotatable bonds is 6. The van der Waals surface area contributed by atoms with Gasteiger partial charge in [-0.2, -0.15) is 0 Å². The molecule has 0 aromatic carbocycles. The molecule has 0 spiro atoms. The molecule has 0 aliphatic carbocycles. The summed E-state index contributed by atoms with van der Waals surface area (Å²) in [6, 6.07) is 0.682. The Morgan fingerprint density at radius 3 is 2.80 bits per heavy atom. The fourth-order valence-electron chi connectivity index (χ4n) is 2.32. The number of piperidine rings is 1. The van der Waals surface area contributed by atoms with Crippen LogP contribution in [0.3, 0.4) is 0 Å². The van der Waals surface area contributed by atoms with Gasteiger partial charge < -0.3 is 10.6 Å². The summed E-state index contributed by atoms with van der Waals surface area (Å²) in [5, 5.41) is 7.15. The molecule has 1 fully saturated rings. The van der Waals surface area contributed by atoms with Crippen LogP contribution < -0.4 is 10.6 Å². The average molecular weight is 212 g/mol. The molecule has 3 unspecified atom stereocenters. The molecule has 1 rings (SSSR count). The zero-order chi connectivity index (χ0) is 11.1. The van der Waals surface area contributed by atoms with E-state index in [0.29, 0.717) is 6.04 Å². The van der Waals surface area contributed by atoms with Gasteiger partial charge in [0.05, 0.1) is 0 Å². The second kappa shape index (κ2) is 7.24. The van der Waals surface area contributed by atoms with Crippen molar-refractivity contribution in [2.75, 3.05) is 19.6 Å². The van der Waals surface area contributed by atoms with Gasteiger partial charge >= 0.3 is 0 Å². The molecular weight excluding hydrogens is 184 g/mol. The fourth-order valence-corrected chi connectivity index (χ4v) is 2.32. The summed E-state index contributed by atoms with van der Waals surface area (Å²) in [6.45, 7) is 10.6. The summed E-state index contributed by atoms with van der Waals surface area (Å²) >= 11 is 0. The predicted octanol–water partition coefficient (Wildman–Crippen LogP) is 2.40. The van der Waals surface area contributed by atoms with E-state index in [1.165, 1.54) is 45.3 Å². The zero-order valence-corrected chi connectivity index (χ0v) is 10.7. The Morgan fingerprint density at radius 2 is 2.20 bits per heavy atom. The van der Waals surface area contributed by atoms with Gasteiger partial charge in [0.2, 0.25) is 0 Å². The van der Waals surface area contributed by atoms with E-state index < -0.39 is 0 Å². The van der Waals surface area contributed by atoms with Crippen LogP contribution in [-0.4, -0.2) is 25.7 Å². The zero-order valence-electron chi connectivity index (χ0n) is 10.7. The van der Waals surface area contributed by atoms with Gasteiger partial charge in [-0.3, -0.25) is 0 Å². The molecule has 0 radical (unpaired) electrons. The quantitative estimate of drug-likeness (QED) is 0.706. The van der Waals surface area contributed by atoms with Crippen molar-refractivity contribution in [2.45, 2.75) is 52.5 Å². The van der Waals surface area contributed by atoms with Crippen LogP contribution in [0.25, 0.3) is 0 Å². The molecule has 15 heavy (non-hydrogen) atoms. The molecule has 3 atom stereocenters. The topological polar surface area (TPSA) is 24.1 Å². The Hall–Kier alpha value is -0.0800. The smallest absolute Gasteiger partial charge is 0.00413 e. The average Bonchev–Trinajstić information content (AvgIpc) is 2.27. The van der Waals surface area contributed by atoms with Gasteiger partial charge in [-0.1, -0.05) is 20.3 Å². The van der Waals surface area contributed by atoms with E-state index >= 15 is 0 Å². The SMILES string of the molecule is CCC(C)CC(C)NCC1CCCNC1. The highest BCUT2D eigenvalue weighted by Crippen LogP contribution is 2.12. The van der Waals surface area contributed by atoms with Crippen molar-refractivity contribution >= 4 is 0 Å². The van der Waals surface area contributed by atoms with Gasteiger partial charge in [0.25, 0.3) is 0 Å². The van der Waals surface area contributed by atoms with Crippen molar-refractivity contribution in [1.82, 2.24) is 10.6 Å². The van der Waals surface area contributed by atoms with Gasteiger partial charge in [-0.25, -0.2) is 0 Å². The van der Waals surface area contributed by atoms with Crippen LogP contribution in [0.2, 0.25) is 0 Å². The van der Waals surface area contributed by atoms with Crippen molar-refractivity contribution in [2.24, 2.45) is 11.8 Å². The van der Waals surface area contributed by atoms with Crippen molar-refractivity contribution < 1.29 is 0 Å². The van der Waals surface area contributed by atoms with Crippen LogP contribution in [0, 0.1) is 11.8 Å². The summed E-state index contributed by atoms with van der Waals surface area (Å²) in [6.07, 6.45) is 5.37. The number of nitrogens with one attached hydrogen (secondary N) is 2. The summed E-state index contributed by atoms with van der Waals surface area (Å²) in [5.41, 5.74) is 0. The van der Waals surface area contributed by atoms with Gasteiger partial charge in [0, 0.05) is 6.04 Å². The molecule has 1 saturated heterocycles. The highest BCUT2D eigenvalue weighted by atomic mass is 14.9. The molecule has 0 saturated carbocycles. The standard InChI is InChI=1S/C13H28N2/c1-4-11(2)8-12(3)15-10-13-6-5-7-14-9-13/h11-15H,4-10H2,1-3H3. The van der Waals surface area contributed by atoms with Gasteiger partial charge in [0.15, 0.2) is 0 Å². The summed E-state index contributed by atoms with van der Waals surface area (Å²) in [4.78, 5) is 0. The van der Waals surface area contributed by atoms with Crippen LogP contribution in [0.1, 0.15) is 46.5 Å². The van der Waals surface area contributed by atoms with E-state index in [-0.39, 0.29) is 0 Å². The van der Waals surface area contributed by atoms with Crippen molar-refractivity contribution in [3.63, 3.8) is 0 Å². The first-order valence-electron chi connectivity index (χ1n) is 6.66. The lowest BCUT2D eigenvalue weighted by atomic mass is 9.97. The lowest BCUT2D eigenvalue weighted by Gasteiger charge is -2.25. The van der Waals surface area contributed by atoms with Crippen molar-refractivity contribution in [3.8, 4) is 0 Å². The molecule has 2 N–H and O–H groups in total. The normalized spacial score (nSPS) is 26.2. The van der Waals surface area contributed by atoms with Crippen LogP contribution in [-0.2, 0) is 0 Å². The molecule has 1 aliphatic heterocycles. The molecule has 0 aromatic rings. The number of hydrogen-bond donors (Lipinski definition) is 2. The monoisotopic (exact) mass is 212 g/mol. The van der Waals surface area contributed by atoms with E-state index in [1.807, 2.05) is 0 Å². The second-order valence-corrected chi connectivity index (χ2v) is 5.27. The fraction of sp³-hybridized carbons (Fsp3) is 1.00.